The lowest BCUT2D eigenvalue weighted by molar-refractivity contribution is -0.270. The van der Waals surface area contributed by atoms with Gasteiger partial charge < -0.3 is 49.8 Å². The predicted molar refractivity (Wildman–Crippen MR) is 168 cm³/mol. The van der Waals surface area contributed by atoms with Crippen LogP contribution in [0.3, 0.4) is 0 Å². The van der Waals surface area contributed by atoms with Crippen LogP contribution in [0.1, 0.15) is 51.9 Å². The quantitative estimate of drug-likeness (QED) is 0.0331. The number of ether oxygens (including phenoxy) is 4. The van der Waals surface area contributed by atoms with Crippen LogP contribution in [0.5, 0.6) is 0 Å². The maximum Gasteiger partial charge on any atom is 0.472 e. The van der Waals surface area contributed by atoms with Gasteiger partial charge in [-0.2, -0.15) is 0 Å². The van der Waals surface area contributed by atoms with Crippen LogP contribution in [-0.4, -0.2) is 128 Å². The standard InChI is InChI=1S/C27H50BN2O12PS/c1-17(32)30-22-24(34)23(33)19(15-31)41-27(22)39-14-10-8-12-21(44)29-13-9-6-4-5-7-11-18-25(42-43(35,36)38-3)20(16-37-2)40-26(18)28/h5,7,18-20,22-27,31,33-34H,4,6,8-16,28H2,1-3H3,(H,29,44)(H,30,32)(H,35,36)/b7-5+/t18-,19+,20+,22+,23-,24+,25?,26+,27+/m0/s1. The van der Waals surface area contributed by atoms with Gasteiger partial charge in [-0.15, -0.1) is 0 Å². The van der Waals surface area contributed by atoms with E-state index < -0.39 is 63.2 Å². The molecule has 6 N–H and O–H groups in total. The zero-order valence-corrected chi connectivity index (χ0v) is 27.8. The Morgan fingerprint density at radius 2 is 1.84 bits per heavy atom. The van der Waals surface area contributed by atoms with E-state index in [-0.39, 0.29) is 25.1 Å². The number of carbonyl (C=O) groups is 1. The number of aliphatic hydroxyl groups is 3. The molecule has 0 aromatic rings. The molecule has 2 aliphatic rings. The summed E-state index contributed by atoms with van der Waals surface area (Å²) in [6, 6.07) is -1.12. The molecular formula is C27H50BN2O12PS. The van der Waals surface area contributed by atoms with Crippen molar-refractivity contribution >= 4 is 38.8 Å². The maximum absolute atomic E-state index is 12.0. The molecule has 10 atom stereocenters. The van der Waals surface area contributed by atoms with Crippen molar-refractivity contribution in [3.8, 4) is 0 Å². The van der Waals surface area contributed by atoms with Crippen molar-refractivity contribution in [3.05, 3.63) is 12.2 Å². The Balaban J connectivity index is 1.61. The first-order valence-electron chi connectivity index (χ1n) is 15.1. The van der Waals surface area contributed by atoms with Crippen molar-refractivity contribution in [3.63, 3.8) is 0 Å². The second-order valence-electron chi connectivity index (χ2n) is 11.0. The Morgan fingerprint density at radius 3 is 2.50 bits per heavy atom. The highest BCUT2D eigenvalue weighted by Crippen LogP contribution is 2.48. The fourth-order valence-corrected chi connectivity index (χ4v) is 6.17. The minimum atomic E-state index is -4.17. The van der Waals surface area contributed by atoms with E-state index in [0.717, 1.165) is 44.3 Å². The van der Waals surface area contributed by atoms with Crippen molar-refractivity contribution in [2.75, 3.05) is 40.6 Å². The number of thiocarbonyl (C=S) groups is 1. The molecule has 2 heterocycles. The summed E-state index contributed by atoms with van der Waals surface area (Å²) in [7, 11) is 0.423. The highest BCUT2D eigenvalue weighted by atomic mass is 32.1. The number of phosphoric ester groups is 1. The fraction of sp³-hybridized carbons (Fsp3) is 0.852. The van der Waals surface area contributed by atoms with Gasteiger partial charge in [0.2, 0.25) is 5.91 Å². The first kappa shape index (κ1) is 39.2. The molecule has 17 heteroatoms. The van der Waals surface area contributed by atoms with Gasteiger partial charge in [-0.25, -0.2) is 4.57 Å². The van der Waals surface area contributed by atoms with Gasteiger partial charge in [-0.1, -0.05) is 24.4 Å². The summed E-state index contributed by atoms with van der Waals surface area (Å²) in [4.78, 5) is 22.1. The van der Waals surface area contributed by atoms with Crippen molar-refractivity contribution in [2.24, 2.45) is 5.92 Å². The fourth-order valence-electron chi connectivity index (χ4n) is 5.24. The van der Waals surface area contributed by atoms with Crippen LogP contribution >= 0.6 is 20.0 Å². The number of hydrogen-bond acceptors (Lipinski definition) is 12. The summed E-state index contributed by atoms with van der Waals surface area (Å²) < 4.78 is 44.4. The van der Waals surface area contributed by atoms with E-state index in [4.69, 9.17) is 35.7 Å². The molecule has 2 rings (SSSR count). The third kappa shape index (κ3) is 13.0. The number of aliphatic hydroxyl groups excluding tert-OH is 3. The lowest BCUT2D eigenvalue weighted by Crippen LogP contribution is -2.64. The van der Waals surface area contributed by atoms with E-state index in [1.54, 1.807) is 7.11 Å². The van der Waals surface area contributed by atoms with Crippen LogP contribution in [0, 0.1) is 5.92 Å². The third-order valence-corrected chi connectivity index (χ3v) is 8.94. The Hall–Kier alpha value is -1.01. The molecule has 0 saturated carbocycles. The number of nitrogens with one attached hydrogen (secondary N) is 2. The van der Waals surface area contributed by atoms with Gasteiger partial charge in [0.05, 0.1) is 18.2 Å². The first-order valence-corrected chi connectivity index (χ1v) is 17.0. The summed E-state index contributed by atoms with van der Waals surface area (Å²) in [6.07, 6.45) is 3.88. The van der Waals surface area contributed by atoms with Gasteiger partial charge in [-0.3, -0.25) is 13.8 Å². The molecule has 2 fully saturated rings. The van der Waals surface area contributed by atoms with Gasteiger partial charge >= 0.3 is 7.82 Å². The van der Waals surface area contributed by atoms with Crippen LogP contribution in [0.2, 0.25) is 0 Å². The molecule has 2 saturated heterocycles. The molecular weight excluding hydrogens is 618 g/mol. The Kier molecular flexibility index (Phi) is 18.1. The second kappa shape index (κ2) is 20.3. The van der Waals surface area contributed by atoms with E-state index in [9.17, 15) is 29.6 Å². The van der Waals surface area contributed by atoms with Crippen LogP contribution < -0.4 is 10.6 Å². The van der Waals surface area contributed by atoms with Gasteiger partial charge in [0.15, 0.2) is 6.29 Å². The van der Waals surface area contributed by atoms with Crippen LogP contribution in [0.15, 0.2) is 12.2 Å². The monoisotopic (exact) mass is 668 g/mol. The van der Waals surface area contributed by atoms with Crippen LogP contribution in [-0.2, 0) is 37.4 Å². The van der Waals surface area contributed by atoms with E-state index >= 15 is 0 Å². The van der Waals surface area contributed by atoms with Crippen molar-refractivity contribution < 1.29 is 57.6 Å². The summed E-state index contributed by atoms with van der Waals surface area (Å²) >= 11 is 5.43. The molecule has 254 valence electrons. The number of phosphoric acid groups is 1. The van der Waals surface area contributed by atoms with E-state index in [0.29, 0.717) is 19.3 Å². The zero-order chi connectivity index (χ0) is 32.7. The number of allylic oxidation sites excluding steroid dienone is 2. The molecule has 1 amide bonds. The Bertz CT molecular complexity index is 953. The SMILES string of the molecule is B[C@@H]1O[C@H](COC)C(OP(=O)(O)OC)[C@@H]1C/C=C/CCCCNC(=S)CCCCO[C@@H]1O[C@H](CO)[C@H](O)[C@H](O)[C@H]1NC(C)=O. The summed E-state index contributed by atoms with van der Waals surface area (Å²) in [5, 5.41) is 35.6. The topological polar surface area (TPSA) is 194 Å². The third-order valence-electron chi connectivity index (χ3n) is 7.62. The summed E-state index contributed by atoms with van der Waals surface area (Å²) in [5.41, 5.74) is 0. The summed E-state index contributed by atoms with van der Waals surface area (Å²) in [6.45, 7) is 2.09. The predicted octanol–water partition coefficient (Wildman–Crippen LogP) is -0.0968. The normalized spacial score (nSPS) is 32.0. The molecule has 2 unspecified atom stereocenters. The number of amides is 1. The molecule has 0 aromatic carbocycles. The number of carbonyl (C=O) groups excluding carboxylic acids is 1. The van der Waals surface area contributed by atoms with E-state index in [1.165, 1.54) is 6.92 Å². The number of hydrogen-bond donors (Lipinski definition) is 6. The highest BCUT2D eigenvalue weighted by Gasteiger charge is 2.46. The van der Waals surface area contributed by atoms with Crippen molar-refractivity contribution in [1.29, 1.82) is 0 Å². The van der Waals surface area contributed by atoms with Gasteiger partial charge in [0.25, 0.3) is 0 Å². The van der Waals surface area contributed by atoms with Gasteiger partial charge in [0.1, 0.15) is 44.4 Å². The lowest BCUT2D eigenvalue weighted by atomic mass is 9.82. The summed E-state index contributed by atoms with van der Waals surface area (Å²) in [5.74, 6) is -0.514. The first-order chi connectivity index (χ1) is 20.9. The molecule has 44 heavy (non-hydrogen) atoms. The minimum absolute atomic E-state index is 0.114. The smallest absolute Gasteiger partial charge is 0.394 e. The van der Waals surface area contributed by atoms with Gasteiger partial charge in [-0.05, 0) is 44.9 Å². The Labute approximate surface area is 266 Å². The highest BCUT2D eigenvalue weighted by molar-refractivity contribution is 7.80. The van der Waals surface area contributed by atoms with Crippen molar-refractivity contribution in [1.82, 2.24) is 10.6 Å². The van der Waals surface area contributed by atoms with Crippen molar-refractivity contribution in [2.45, 2.75) is 101 Å². The molecule has 0 aliphatic carbocycles. The molecule has 0 bridgehead atoms. The van der Waals surface area contributed by atoms with E-state index in [1.807, 2.05) is 7.85 Å². The van der Waals surface area contributed by atoms with Crippen LogP contribution in [0.25, 0.3) is 0 Å². The van der Waals surface area contributed by atoms with Crippen LogP contribution in [0.4, 0.5) is 0 Å². The molecule has 2 aliphatic heterocycles. The minimum Gasteiger partial charge on any atom is -0.394 e. The molecule has 0 aromatic heterocycles. The maximum atomic E-state index is 12.0. The molecule has 0 radical (unpaired) electrons. The number of methoxy groups -OCH3 is 1. The van der Waals surface area contributed by atoms with E-state index in [2.05, 4.69) is 27.3 Å². The lowest BCUT2D eigenvalue weighted by Gasteiger charge is -2.42. The zero-order valence-electron chi connectivity index (χ0n) is 26.0. The second-order valence-corrected chi connectivity index (χ2v) is 13.0. The Morgan fingerprint density at radius 1 is 1.09 bits per heavy atom. The molecule has 0 spiro atoms. The average molecular weight is 669 g/mol. The largest absolute Gasteiger partial charge is 0.472 e. The molecule has 14 nitrogen and oxygen atoms in total. The van der Waals surface area contributed by atoms with Gasteiger partial charge in [0, 0.05) is 46.2 Å². The number of rotatable bonds is 20. The number of unbranched alkanes of at least 4 members (excludes halogenated alkanes) is 3. The average Bonchev–Trinajstić information content (AvgIpc) is 3.25.